The molecular formula is C16H12Cl2N2O2S. The van der Waals surface area contributed by atoms with Gasteiger partial charge in [0.1, 0.15) is 5.75 Å². The Morgan fingerprint density at radius 2 is 1.96 bits per heavy atom. The molecule has 0 spiro atoms. The zero-order chi connectivity index (χ0) is 16.6. The van der Waals surface area contributed by atoms with Crippen molar-refractivity contribution in [1.29, 1.82) is 0 Å². The number of halogens is 2. The van der Waals surface area contributed by atoms with Gasteiger partial charge >= 0.3 is 5.97 Å². The maximum absolute atomic E-state index is 12.2. The average Bonchev–Trinajstić information content (AvgIpc) is 2.90. The summed E-state index contributed by atoms with van der Waals surface area (Å²) >= 11 is 13.4. The Balaban J connectivity index is 1.87. The molecule has 3 rings (SSSR count). The molecule has 2 aromatic carbocycles. The molecule has 3 aromatic rings. The van der Waals surface area contributed by atoms with Crippen molar-refractivity contribution in [3.63, 3.8) is 0 Å². The van der Waals surface area contributed by atoms with Crippen LogP contribution in [0.4, 0.5) is 5.13 Å². The largest absolute Gasteiger partial charge is 0.423 e. The third-order valence-corrected chi connectivity index (χ3v) is 4.83. The van der Waals surface area contributed by atoms with Gasteiger partial charge in [-0.15, -0.1) is 0 Å². The first-order chi connectivity index (χ1) is 10.9. The second kappa shape index (κ2) is 6.35. The van der Waals surface area contributed by atoms with Crippen LogP contribution < -0.4 is 9.64 Å². The van der Waals surface area contributed by atoms with E-state index in [-0.39, 0.29) is 10.6 Å². The molecular weight excluding hydrogens is 355 g/mol. The molecule has 0 atom stereocenters. The Morgan fingerprint density at radius 1 is 1.17 bits per heavy atom. The Morgan fingerprint density at radius 3 is 2.65 bits per heavy atom. The fourth-order valence-corrected chi connectivity index (χ4v) is 3.37. The van der Waals surface area contributed by atoms with Crippen LogP contribution in [-0.2, 0) is 0 Å². The van der Waals surface area contributed by atoms with E-state index in [1.54, 1.807) is 24.3 Å². The smallest absolute Gasteiger partial charge is 0.345 e. The minimum atomic E-state index is -0.525. The number of anilines is 1. The van der Waals surface area contributed by atoms with Crippen molar-refractivity contribution in [2.75, 3.05) is 19.0 Å². The van der Waals surface area contributed by atoms with E-state index >= 15 is 0 Å². The molecule has 7 heteroatoms. The lowest BCUT2D eigenvalue weighted by atomic mass is 10.2. The number of esters is 1. The molecule has 0 bridgehead atoms. The van der Waals surface area contributed by atoms with Gasteiger partial charge in [0.05, 0.1) is 20.8 Å². The van der Waals surface area contributed by atoms with E-state index in [4.69, 9.17) is 27.9 Å². The van der Waals surface area contributed by atoms with Crippen molar-refractivity contribution in [1.82, 2.24) is 4.98 Å². The molecule has 0 N–H and O–H groups in total. The van der Waals surface area contributed by atoms with Crippen LogP contribution >= 0.6 is 34.5 Å². The number of ether oxygens (including phenoxy) is 1. The SMILES string of the molecule is CN(C)c1nc2ccc(OC(=O)c3ccc(Cl)cc3Cl)cc2s1. The van der Waals surface area contributed by atoms with Crippen molar-refractivity contribution in [2.24, 2.45) is 0 Å². The minimum Gasteiger partial charge on any atom is -0.423 e. The lowest BCUT2D eigenvalue weighted by Gasteiger charge is -2.06. The fraction of sp³-hybridized carbons (Fsp3) is 0.125. The van der Waals surface area contributed by atoms with E-state index in [1.165, 1.54) is 17.4 Å². The number of hydrogen-bond acceptors (Lipinski definition) is 5. The quantitative estimate of drug-likeness (QED) is 0.488. The highest BCUT2D eigenvalue weighted by atomic mass is 35.5. The lowest BCUT2D eigenvalue weighted by molar-refractivity contribution is 0.0735. The normalized spacial score (nSPS) is 10.8. The van der Waals surface area contributed by atoms with Gasteiger partial charge in [-0.2, -0.15) is 0 Å². The molecule has 118 valence electrons. The number of carbonyl (C=O) groups excluding carboxylic acids is 1. The number of fused-ring (bicyclic) bond motifs is 1. The number of aromatic nitrogens is 1. The number of rotatable bonds is 3. The molecule has 0 aliphatic heterocycles. The molecule has 0 saturated carbocycles. The summed E-state index contributed by atoms with van der Waals surface area (Å²) in [7, 11) is 3.86. The van der Waals surface area contributed by atoms with E-state index < -0.39 is 5.97 Å². The summed E-state index contributed by atoms with van der Waals surface area (Å²) in [5.74, 6) is -0.0779. The van der Waals surface area contributed by atoms with Crippen LogP contribution in [-0.4, -0.2) is 25.0 Å². The van der Waals surface area contributed by atoms with Gasteiger partial charge in [0, 0.05) is 25.2 Å². The average molecular weight is 367 g/mol. The van der Waals surface area contributed by atoms with Crippen LogP contribution in [0, 0.1) is 0 Å². The maximum Gasteiger partial charge on any atom is 0.345 e. The molecule has 1 heterocycles. The van der Waals surface area contributed by atoms with Gasteiger partial charge < -0.3 is 9.64 Å². The van der Waals surface area contributed by atoms with Crippen LogP contribution in [0.5, 0.6) is 5.75 Å². The van der Waals surface area contributed by atoms with Crippen molar-refractivity contribution in [3.05, 3.63) is 52.0 Å². The summed E-state index contributed by atoms with van der Waals surface area (Å²) in [5.41, 5.74) is 1.14. The zero-order valence-electron chi connectivity index (χ0n) is 12.3. The third-order valence-electron chi connectivity index (χ3n) is 3.09. The van der Waals surface area contributed by atoms with E-state index in [1.807, 2.05) is 25.1 Å². The van der Waals surface area contributed by atoms with Gasteiger partial charge in [0.25, 0.3) is 0 Å². The van der Waals surface area contributed by atoms with Crippen LogP contribution in [0.3, 0.4) is 0 Å². The standard InChI is InChI=1S/C16H12Cl2N2O2S/c1-20(2)16-19-13-6-4-10(8-14(13)23-16)22-15(21)11-5-3-9(17)7-12(11)18/h3-8H,1-2H3. The number of nitrogens with zero attached hydrogens (tertiary/aromatic N) is 2. The topological polar surface area (TPSA) is 42.4 Å². The molecule has 0 saturated heterocycles. The summed E-state index contributed by atoms with van der Waals surface area (Å²) in [6.45, 7) is 0. The highest BCUT2D eigenvalue weighted by Crippen LogP contribution is 2.31. The molecule has 0 amide bonds. The van der Waals surface area contributed by atoms with Gasteiger partial charge in [-0.05, 0) is 30.3 Å². The van der Waals surface area contributed by atoms with E-state index in [2.05, 4.69) is 4.98 Å². The number of carbonyl (C=O) groups is 1. The molecule has 0 fully saturated rings. The summed E-state index contributed by atoms with van der Waals surface area (Å²) in [5, 5.41) is 1.62. The Hall–Kier alpha value is -1.82. The summed E-state index contributed by atoms with van der Waals surface area (Å²) in [6.07, 6.45) is 0. The van der Waals surface area contributed by atoms with Gasteiger partial charge in [-0.25, -0.2) is 9.78 Å². The minimum absolute atomic E-state index is 0.260. The van der Waals surface area contributed by atoms with Crippen molar-refractivity contribution in [3.8, 4) is 5.75 Å². The van der Waals surface area contributed by atoms with Gasteiger partial charge in [-0.1, -0.05) is 34.5 Å². The zero-order valence-corrected chi connectivity index (χ0v) is 14.7. The summed E-state index contributed by atoms with van der Waals surface area (Å²) in [6, 6.07) is 9.98. The number of benzene rings is 2. The first kappa shape index (κ1) is 16.1. The van der Waals surface area contributed by atoms with Crippen molar-refractivity contribution in [2.45, 2.75) is 0 Å². The molecule has 0 radical (unpaired) electrons. The maximum atomic E-state index is 12.2. The Labute approximate surface area is 147 Å². The predicted octanol–water partition coefficient (Wildman–Crippen LogP) is 4.89. The molecule has 0 aliphatic carbocycles. The summed E-state index contributed by atoms with van der Waals surface area (Å²) < 4.78 is 6.34. The van der Waals surface area contributed by atoms with Gasteiger partial charge in [0.15, 0.2) is 5.13 Å². The number of thiazole rings is 1. The molecule has 0 aliphatic rings. The lowest BCUT2D eigenvalue weighted by Crippen LogP contribution is -2.09. The molecule has 4 nitrogen and oxygen atoms in total. The predicted molar refractivity (Wildman–Crippen MR) is 95.4 cm³/mol. The first-order valence-electron chi connectivity index (χ1n) is 6.69. The van der Waals surface area contributed by atoms with Crippen LogP contribution in [0.2, 0.25) is 10.0 Å². The second-order valence-electron chi connectivity index (χ2n) is 5.03. The Kier molecular flexibility index (Phi) is 4.43. The summed E-state index contributed by atoms with van der Waals surface area (Å²) in [4.78, 5) is 18.6. The van der Waals surface area contributed by atoms with Crippen LogP contribution in [0.1, 0.15) is 10.4 Å². The van der Waals surface area contributed by atoms with Crippen LogP contribution in [0.15, 0.2) is 36.4 Å². The fourth-order valence-electron chi connectivity index (χ4n) is 1.96. The molecule has 1 aromatic heterocycles. The molecule has 0 unspecified atom stereocenters. The van der Waals surface area contributed by atoms with Crippen molar-refractivity contribution < 1.29 is 9.53 Å². The third kappa shape index (κ3) is 3.42. The second-order valence-corrected chi connectivity index (χ2v) is 6.89. The van der Waals surface area contributed by atoms with Crippen LogP contribution in [0.25, 0.3) is 10.2 Å². The van der Waals surface area contributed by atoms with Gasteiger partial charge in [0.2, 0.25) is 0 Å². The highest BCUT2D eigenvalue weighted by molar-refractivity contribution is 7.22. The van der Waals surface area contributed by atoms with E-state index in [0.717, 1.165) is 15.3 Å². The van der Waals surface area contributed by atoms with E-state index in [0.29, 0.717) is 10.8 Å². The van der Waals surface area contributed by atoms with Gasteiger partial charge in [-0.3, -0.25) is 0 Å². The highest BCUT2D eigenvalue weighted by Gasteiger charge is 2.14. The van der Waals surface area contributed by atoms with E-state index in [9.17, 15) is 4.79 Å². The van der Waals surface area contributed by atoms with Crippen molar-refractivity contribution >= 4 is 55.9 Å². The Bertz CT molecular complexity index is 893. The monoisotopic (exact) mass is 366 g/mol. The first-order valence-corrected chi connectivity index (χ1v) is 8.26. The number of hydrogen-bond donors (Lipinski definition) is 0. The molecule has 23 heavy (non-hydrogen) atoms.